The van der Waals surface area contributed by atoms with Gasteiger partial charge in [0.25, 0.3) is 16.0 Å². The van der Waals surface area contributed by atoms with E-state index in [1.165, 1.54) is 42.6 Å². The number of para-hydroxylation sites is 1. The first-order chi connectivity index (χ1) is 41.3. The molecule has 34 nitrogen and oxygen atoms in total. The van der Waals surface area contributed by atoms with Crippen LogP contribution in [0.4, 0.5) is 11.5 Å². The van der Waals surface area contributed by atoms with Crippen LogP contribution < -0.4 is 27.8 Å². The third kappa shape index (κ3) is 20.5. The van der Waals surface area contributed by atoms with Gasteiger partial charge in [0, 0.05) is 42.4 Å². The Morgan fingerprint density at radius 3 is 2.02 bits per heavy atom. The molecular formula is C49H65N6O28P2S3+. The van der Waals surface area contributed by atoms with E-state index in [9.17, 15) is 78.1 Å². The maximum Gasteiger partial charge on any atom is 0.470 e. The van der Waals surface area contributed by atoms with E-state index < -0.39 is 132 Å². The molecule has 1 fully saturated rings. The van der Waals surface area contributed by atoms with Crippen LogP contribution in [0.1, 0.15) is 64.6 Å². The van der Waals surface area contributed by atoms with Crippen LogP contribution in [0.25, 0.3) is 33.1 Å². The normalized spacial score (nSPS) is 16.8. The summed E-state index contributed by atoms with van der Waals surface area (Å²) in [5.41, 5.74) is 9.23. The zero-order valence-electron chi connectivity index (χ0n) is 46.4. The van der Waals surface area contributed by atoms with Crippen LogP contribution in [0, 0.1) is 0 Å². The number of hydrogen-bond donors (Lipinski definition) is 12. The molecule has 1 saturated heterocycles. The molecule has 5 aromatic rings. The number of nitrogens with two attached hydrogens (primary N) is 2. The molecule has 1 unspecified atom stereocenters. The standard InChI is InChI=1S/C49H64N6O28P2S3/c50-35-12-11-33-39(32-7-4-8-37(88(73,74)75)41(32)82-42(33)44(35)86(68,69)24-2-1-3-25-87(70,71)72)31-10-9-29(26-34(31)48(59)60)46(58)53-15-17-77-19-21-79-23-22-78-20-18-76-16-13-38(56)52-14-5-6-30-27-55(49(61)54-45(30)51)47-40(57)43(83-85(65,66)67)36(81-47)28-80-84(62,63)64/h4,7-12,26-27,36,40,43,47,57H,1-3,5-6,13-25,28,50H2,(H10-,51,52,53,54,56,58,59,60,61,62,63,64,65,66,67,70,71,72,73,74,75)/p+1/t36-,40+,43?,47-/m1/s1. The fraction of sp³-hybridized carbons (Fsp3) is 0.469. The number of aliphatic hydroxyl groups is 1. The van der Waals surface area contributed by atoms with Crippen molar-refractivity contribution in [2.24, 2.45) is 0 Å². The van der Waals surface area contributed by atoms with Gasteiger partial charge in [-0.1, -0.05) is 18.6 Å². The molecule has 14 N–H and O–H groups in total. The molecule has 0 spiro atoms. The van der Waals surface area contributed by atoms with Crippen molar-refractivity contribution in [2.45, 2.75) is 72.9 Å². The Morgan fingerprint density at radius 1 is 0.761 bits per heavy atom. The molecule has 0 saturated carbocycles. The number of ether oxygens (including phenoxy) is 5. The summed E-state index contributed by atoms with van der Waals surface area (Å²) in [7, 11) is -24.2. The predicted octanol–water partition coefficient (Wildman–Crippen LogP) is 0.813. The summed E-state index contributed by atoms with van der Waals surface area (Å²) >= 11 is 0. The van der Waals surface area contributed by atoms with Crippen molar-refractivity contribution in [1.29, 1.82) is 0 Å². The number of benzene rings is 3. The molecule has 486 valence electrons. The van der Waals surface area contributed by atoms with Gasteiger partial charge >= 0.3 is 48.6 Å². The molecule has 1 aliphatic heterocycles. The Hall–Kier alpha value is -6.03. The number of rotatable bonds is 36. The molecular weight excluding hydrogens is 1280 g/mol. The van der Waals surface area contributed by atoms with Crippen LogP contribution in [-0.2, 0) is 83.2 Å². The number of aliphatic hydroxyl groups excluding tert-OH is 1. The topological polar surface area (TPSA) is 537 Å². The fourth-order valence-electron chi connectivity index (χ4n) is 8.99. The van der Waals surface area contributed by atoms with Crippen molar-refractivity contribution in [2.75, 3.05) is 95.5 Å². The van der Waals surface area contributed by atoms with Gasteiger partial charge in [-0.3, -0.25) is 32.3 Å². The monoisotopic (exact) mass is 1340 g/mol. The summed E-state index contributed by atoms with van der Waals surface area (Å²) in [6.45, 7) is 0.269. The lowest BCUT2D eigenvalue weighted by atomic mass is 9.92. The first-order valence-electron chi connectivity index (χ1n) is 26.4. The number of nitrogen functional groups attached to an aromatic ring is 2. The predicted molar refractivity (Wildman–Crippen MR) is 306 cm³/mol. The van der Waals surface area contributed by atoms with Gasteiger partial charge in [-0.2, -0.15) is 21.8 Å². The number of carboxylic acids is 1. The first kappa shape index (κ1) is 71.1. The number of phosphoric ester groups is 2. The Morgan fingerprint density at radius 2 is 1.40 bits per heavy atom. The second kappa shape index (κ2) is 31.1. The maximum atomic E-state index is 13.9. The molecule has 0 bridgehead atoms. The third-order valence-corrected chi connectivity index (χ3v) is 17.5. The van der Waals surface area contributed by atoms with E-state index in [-0.39, 0.29) is 155 Å². The highest BCUT2D eigenvalue weighted by atomic mass is 32.2. The highest BCUT2D eigenvalue weighted by molar-refractivity contribution is 7.91. The van der Waals surface area contributed by atoms with Gasteiger partial charge in [0.05, 0.1) is 93.0 Å². The number of phosphoric acid groups is 2. The molecule has 39 heteroatoms. The number of sulfone groups is 1. The van der Waals surface area contributed by atoms with Gasteiger partial charge < -0.3 is 75.6 Å². The number of carbonyl (C=O) groups excluding carboxylic acids is 2. The highest BCUT2D eigenvalue weighted by Gasteiger charge is 2.49. The second-order valence-corrected chi connectivity index (χ2v) is 26.8. The van der Waals surface area contributed by atoms with E-state index in [0.29, 0.717) is 0 Å². The minimum absolute atomic E-state index is 0.00520. The average Bonchev–Trinajstić information content (AvgIpc) is 0.858. The number of hydrogen-bond acceptors (Lipinski definition) is 23. The highest BCUT2D eigenvalue weighted by Crippen LogP contribution is 2.46. The smallest absolute Gasteiger partial charge is 0.470 e. The van der Waals surface area contributed by atoms with Crippen LogP contribution in [0.2, 0.25) is 0 Å². The summed E-state index contributed by atoms with van der Waals surface area (Å²) in [6.07, 6.45) is -5.70. The van der Waals surface area contributed by atoms with E-state index in [2.05, 4.69) is 24.7 Å². The SMILES string of the molecule is Nc1ccc2c(-c3ccc(C(=O)NCCOCCOCCOCCOCCC(=O)NCCCc4cn([C@@H]5O[C@H](COP(=O)(O)O)C(OP(=O)(O)O)[C@@H]5O)c(=O)nc4N)cc3C(=O)O)c3cccc(S(=O)(=O)O)c3[o+]c2c1S(=O)(=O)CCCCCS(=O)(=O)O. The molecule has 0 aliphatic carbocycles. The Kier molecular flexibility index (Phi) is 25.1. The van der Waals surface area contributed by atoms with Crippen LogP contribution in [0.3, 0.4) is 0 Å². The van der Waals surface area contributed by atoms with Crippen molar-refractivity contribution >= 4 is 96.9 Å². The number of anilines is 2. The first-order valence-corrected chi connectivity index (χ1v) is 34.2. The largest absolute Gasteiger partial charge is 0.478 e. The van der Waals surface area contributed by atoms with Gasteiger partial charge in [-0.05, 0) is 67.6 Å². The molecule has 2 amide bonds. The number of aryl methyl sites for hydroxylation is 1. The number of nitrogens with one attached hydrogen (secondary N) is 2. The van der Waals surface area contributed by atoms with Crippen LogP contribution in [0.15, 0.2) is 73.7 Å². The number of carbonyl (C=O) groups is 3. The number of aromatic carboxylic acids is 1. The van der Waals surface area contributed by atoms with Crippen LogP contribution in [0.5, 0.6) is 0 Å². The Bertz CT molecular complexity index is 3850. The maximum absolute atomic E-state index is 13.9. The summed E-state index contributed by atoms with van der Waals surface area (Å²) < 4.78 is 160. The van der Waals surface area contributed by atoms with Crippen molar-refractivity contribution in [1.82, 2.24) is 20.2 Å². The minimum atomic E-state index is -5.29. The minimum Gasteiger partial charge on any atom is -0.478 e. The zero-order chi connectivity index (χ0) is 64.8. The summed E-state index contributed by atoms with van der Waals surface area (Å²) in [6, 6.07) is 9.74. The summed E-state index contributed by atoms with van der Waals surface area (Å²) in [4.78, 5) is 90.3. The molecule has 6 rings (SSSR count). The lowest BCUT2D eigenvalue weighted by molar-refractivity contribution is -0.122. The van der Waals surface area contributed by atoms with Crippen molar-refractivity contribution in [3.05, 3.63) is 81.9 Å². The molecule has 2 aromatic heterocycles. The number of fused-ring (bicyclic) bond motifs is 2. The number of unbranched alkanes of at least 4 members (excludes halogenated alkanes) is 2. The molecule has 1 aliphatic rings. The number of nitrogens with zero attached hydrogens (tertiary/aromatic N) is 2. The van der Waals surface area contributed by atoms with E-state index in [4.69, 9.17) is 53.9 Å². The van der Waals surface area contributed by atoms with Crippen molar-refractivity contribution in [3.8, 4) is 11.1 Å². The lowest BCUT2D eigenvalue weighted by Gasteiger charge is -2.21. The molecule has 3 aromatic carbocycles. The van der Waals surface area contributed by atoms with Crippen LogP contribution in [-0.4, -0.2) is 194 Å². The quantitative estimate of drug-likeness (QED) is 0.00659. The van der Waals surface area contributed by atoms with Gasteiger partial charge in [0.1, 0.15) is 24.1 Å². The summed E-state index contributed by atoms with van der Waals surface area (Å²) in [5, 5.41) is 26.5. The Labute approximate surface area is 501 Å². The van der Waals surface area contributed by atoms with Crippen LogP contribution >= 0.6 is 15.6 Å². The van der Waals surface area contributed by atoms with E-state index in [0.717, 1.165) is 16.7 Å². The van der Waals surface area contributed by atoms with E-state index >= 15 is 0 Å². The number of amides is 2. The molecule has 88 heavy (non-hydrogen) atoms. The van der Waals surface area contributed by atoms with E-state index in [1.807, 2.05) is 0 Å². The van der Waals surface area contributed by atoms with Crippen molar-refractivity contribution in [3.63, 3.8) is 0 Å². The van der Waals surface area contributed by atoms with Crippen molar-refractivity contribution < 1.29 is 125 Å². The zero-order valence-corrected chi connectivity index (χ0v) is 50.6. The molecule has 3 heterocycles. The lowest BCUT2D eigenvalue weighted by Crippen LogP contribution is -2.38. The van der Waals surface area contributed by atoms with Gasteiger partial charge in [0.15, 0.2) is 25.9 Å². The second-order valence-electron chi connectivity index (χ2n) is 19.3. The number of aromatic nitrogens is 2. The van der Waals surface area contributed by atoms with Gasteiger partial charge in [-0.25, -0.2) is 31.6 Å². The van der Waals surface area contributed by atoms with E-state index in [1.54, 1.807) is 0 Å². The number of carboxylic acid groups (broad SMARTS) is 1. The molecule has 4 atom stereocenters. The Balaban J connectivity index is 0.895. The third-order valence-electron chi connectivity index (χ3n) is 12.9. The average molecular weight is 1340 g/mol. The van der Waals surface area contributed by atoms with Gasteiger partial charge in [0.2, 0.25) is 5.91 Å². The molecule has 0 radical (unpaired) electrons. The van der Waals surface area contributed by atoms with Gasteiger partial charge in [-0.15, -0.1) is 0 Å². The fourth-order valence-corrected chi connectivity index (χ4v) is 12.8. The summed E-state index contributed by atoms with van der Waals surface area (Å²) in [5.74, 6) is -3.98.